The maximum Gasteiger partial charge on any atom is 0.324 e. The van der Waals surface area contributed by atoms with E-state index in [0.29, 0.717) is 29.3 Å². The van der Waals surface area contributed by atoms with Crippen LogP contribution in [0.3, 0.4) is 0 Å². The molecule has 0 aliphatic rings. The number of aryl methyl sites for hydroxylation is 2. The molecule has 2 aromatic heterocycles. The van der Waals surface area contributed by atoms with Crippen LogP contribution in [-0.4, -0.2) is 25.8 Å². The van der Waals surface area contributed by atoms with Crippen LogP contribution in [0.25, 0.3) is 17.2 Å². The fraction of sp³-hybridized carbons (Fsp3) is 0.130. The Labute approximate surface area is 179 Å². The van der Waals surface area contributed by atoms with Gasteiger partial charge in [-0.15, -0.1) is 0 Å². The highest BCUT2D eigenvalue weighted by molar-refractivity contribution is 5.99. The molecule has 0 bridgehead atoms. The third kappa shape index (κ3) is 4.69. The van der Waals surface area contributed by atoms with Gasteiger partial charge >= 0.3 is 6.03 Å². The predicted molar refractivity (Wildman–Crippen MR) is 121 cm³/mol. The molecule has 2 heterocycles. The number of carbonyl (C=O) groups excluding carboxylic acids is 1. The zero-order valence-electron chi connectivity index (χ0n) is 17.2. The number of rotatable bonds is 5. The van der Waals surface area contributed by atoms with Gasteiger partial charge in [0.2, 0.25) is 5.95 Å². The molecule has 8 nitrogen and oxygen atoms in total. The number of H-pyrrole nitrogens is 1. The minimum absolute atomic E-state index is 0.233. The summed E-state index contributed by atoms with van der Waals surface area (Å²) in [6.45, 7) is 3.89. The van der Waals surface area contributed by atoms with Crippen LogP contribution in [0.5, 0.6) is 0 Å². The Hall–Kier alpha value is -4.20. The van der Waals surface area contributed by atoms with Crippen LogP contribution < -0.4 is 16.2 Å². The van der Waals surface area contributed by atoms with Crippen LogP contribution in [0.4, 0.5) is 16.3 Å². The maximum absolute atomic E-state index is 12.6. The van der Waals surface area contributed by atoms with Crippen LogP contribution in [0.2, 0.25) is 0 Å². The van der Waals surface area contributed by atoms with E-state index in [0.717, 1.165) is 11.1 Å². The van der Waals surface area contributed by atoms with Gasteiger partial charge in [-0.2, -0.15) is 9.78 Å². The van der Waals surface area contributed by atoms with Gasteiger partial charge in [-0.1, -0.05) is 55.0 Å². The molecule has 31 heavy (non-hydrogen) atoms. The van der Waals surface area contributed by atoms with E-state index in [1.165, 1.54) is 10.7 Å². The van der Waals surface area contributed by atoms with Crippen molar-refractivity contribution in [2.75, 3.05) is 10.6 Å². The number of aromatic nitrogens is 4. The summed E-state index contributed by atoms with van der Waals surface area (Å²) in [6, 6.07) is 19.8. The number of urea groups is 1. The third-order valence-electron chi connectivity index (χ3n) is 4.68. The number of anilines is 2. The monoisotopic (exact) mass is 414 g/mol. The lowest BCUT2D eigenvalue weighted by Crippen LogP contribution is -2.22. The van der Waals surface area contributed by atoms with Crippen molar-refractivity contribution in [2.45, 2.75) is 20.3 Å². The van der Waals surface area contributed by atoms with Gasteiger partial charge < -0.3 is 5.32 Å². The number of carbonyl (C=O) groups is 1. The first-order valence-corrected chi connectivity index (χ1v) is 9.92. The number of amides is 2. The minimum Gasteiger partial charge on any atom is -0.308 e. The lowest BCUT2D eigenvalue weighted by atomic mass is 10.2. The van der Waals surface area contributed by atoms with Crippen molar-refractivity contribution in [1.82, 2.24) is 19.7 Å². The van der Waals surface area contributed by atoms with E-state index >= 15 is 0 Å². The summed E-state index contributed by atoms with van der Waals surface area (Å²) in [4.78, 5) is 31.9. The lowest BCUT2D eigenvalue weighted by Gasteiger charge is -2.10. The molecule has 8 heteroatoms. The molecule has 4 aromatic rings. The number of nitrogens with zero attached hydrogens (tertiary/aromatic N) is 3. The largest absolute Gasteiger partial charge is 0.324 e. The summed E-state index contributed by atoms with van der Waals surface area (Å²) in [5.74, 6) is 0.608. The molecule has 156 valence electrons. The molecule has 3 N–H and O–H groups in total. The number of nitrogens with one attached hydrogen (secondary N) is 3. The first-order valence-electron chi connectivity index (χ1n) is 9.92. The van der Waals surface area contributed by atoms with Crippen molar-refractivity contribution in [1.29, 1.82) is 0 Å². The average molecular weight is 414 g/mol. The Morgan fingerprint density at radius 1 is 1.03 bits per heavy atom. The smallest absolute Gasteiger partial charge is 0.308 e. The second-order valence-corrected chi connectivity index (χ2v) is 7.05. The maximum atomic E-state index is 12.6. The van der Waals surface area contributed by atoms with Gasteiger partial charge in [0, 0.05) is 29.1 Å². The Morgan fingerprint density at radius 3 is 2.48 bits per heavy atom. The standard InChI is InChI=1S/C23H22N6O2/c1-3-17-13-21(30)27-22(24-17)29-20(14-19(28-29)16-7-5-4-6-8-16)26-23(31)25-18-11-9-15(2)10-12-18/h4-14H,3H2,1-2H3,(H,24,27,30)(H2,25,26,31). The van der Waals surface area contributed by atoms with E-state index in [4.69, 9.17) is 0 Å². The molecule has 0 unspecified atom stereocenters. The molecular weight excluding hydrogens is 392 g/mol. The molecule has 0 aliphatic heterocycles. The van der Waals surface area contributed by atoms with Crippen molar-refractivity contribution in [2.24, 2.45) is 0 Å². The third-order valence-corrected chi connectivity index (χ3v) is 4.68. The van der Waals surface area contributed by atoms with Crippen molar-refractivity contribution in [3.63, 3.8) is 0 Å². The fourth-order valence-electron chi connectivity index (χ4n) is 3.07. The number of aromatic amines is 1. The van der Waals surface area contributed by atoms with E-state index in [1.54, 1.807) is 6.07 Å². The SMILES string of the molecule is CCc1cc(=O)[nH]c(-n2nc(-c3ccccc3)cc2NC(=O)Nc2ccc(C)cc2)n1. The van der Waals surface area contributed by atoms with E-state index in [1.807, 2.05) is 68.4 Å². The van der Waals surface area contributed by atoms with Gasteiger partial charge in [0.25, 0.3) is 5.56 Å². The first-order chi connectivity index (χ1) is 15.0. The van der Waals surface area contributed by atoms with Gasteiger partial charge in [0.15, 0.2) is 0 Å². The summed E-state index contributed by atoms with van der Waals surface area (Å²) >= 11 is 0. The van der Waals surface area contributed by atoms with E-state index < -0.39 is 6.03 Å². The van der Waals surface area contributed by atoms with Crippen LogP contribution in [0.1, 0.15) is 18.2 Å². The van der Waals surface area contributed by atoms with Crippen LogP contribution in [0.15, 0.2) is 71.5 Å². The Kier molecular flexibility index (Phi) is 5.61. The Balaban J connectivity index is 1.70. The number of benzene rings is 2. The summed E-state index contributed by atoms with van der Waals surface area (Å²) < 4.78 is 1.43. The Bertz CT molecular complexity index is 1260. The summed E-state index contributed by atoms with van der Waals surface area (Å²) in [7, 11) is 0. The topological polar surface area (TPSA) is 105 Å². The molecule has 4 rings (SSSR count). The van der Waals surface area contributed by atoms with Gasteiger partial charge in [-0.3, -0.25) is 15.1 Å². The van der Waals surface area contributed by atoms with E-state index in [-0.39, 0.29) is 11.5 Å². The zero-order chi connectivity index (χ0) is 21.8. The molecule has 0 spiro atoms. The highest BCUT2D eigenvalue weighted by Gasteiger charge is 2.16. The molecule has 0 saturated carbocycles. The molecule has 0 aliphatic carbocycles. The lowest BCUT2D eigenvalue weighted by molar-refractivity contribution is 0.262. The molecular formula is C23H22N6O2. The number of hydrogen-bond acceptors (Lipinski definition) is 4. The summed E-state index contributed by atoms with van der Waals surface area (Å²) in [5, 5.41) is 10.2. The van der Waals surface area contributed by atoms with Crippen LogP contribution in [-0.2, 0) is 6.42 Å². The normalized spacial score (nSPS) is 10.6. The zero-order valence-corrected chi connectivity index (χ0v) is 17.2. The van der Waals surface area contributed by atoms with Crippen molar-refractivity contribution < 1.29 is 4.79 Å². The minimum atomic E-state index is -0.432. The fourth-order valence-corrected chi connectivity index (χ4v) is 3.07. The Morgan fingerprint density at radius 2 is 1.77 bits per heavy atom. The molecule has 0 saturated heterocycles. The molecule has 0 fully saturated rings. The highest BCUT2D eigenvalue weighted by Crippen LogP contribution is 2.23. The second kappa shape index (κ2) is 8.66. The highest BCUT2D eigenvalue weighted by atomic mass is 16.2. The first kappa shape index (κ1) is 20.1. The van der Waals surface area contributed by atoms with E-state index in [9.17, 15) is 9.59 Å². The number of hydrogen-bond donors (Lipinski definition) is 3. The molecule has 0 atom stereocenters. The molecule has 2 amide bonds. The summed E-state index contributed by atoms with van der Waals surface area (Å²) in [6.07, 6.45) is 0.598. The van der Waals surface area contributed by atoms with Gasteiger partial charge in [-0.05, 0) is 25.5 Å². The summed E-state index contributed by atoms with van der Waals surface area (Å²) in [5.41, 5.74) is 3.62. The van der Waals surface area contributed by atoms with Crippen LogP contribution in [0, 0.1) is 6.92 Å². The van der Waals surface area contributed by atoms with Gasteiger partial charge in [-0.25, -0.2) is 9.78 Å². The van der Waals surface area contributed by atoms with Crippen molar-refractivity contribution >= 4 is 17.5 Å². The van der Waals surface area contributed by atoms with Gasteiger partial charge in [0.1, 0.15) is 5.82 Å². The molecule has 2 aromatic carbocycles. The van der Waals surface area contributed by atoms with Crippen LogP contribution >= 0.6 is 0 Å². The molecule has 0 radical (unpaired) electrons. The predicted octanol–water partition coefficient (Wildman–Crippen LogP) is 4.14. The van der Waals surface area contributed by atoms with Gasteiger partial charge in [0.05, 0.1) is 5.69 Å². The quantitative estimate of drug-likeness (QED) is 0.456. The van der Waals surface area contributed by atoms with E-state index in [2.05, 4.69) is 25.7 Å². The van der Waals surface area contributed by atoms with Crippen molar-refractivity contribution in [3.05, 3.63) is 88.3 Å². The average Bonchev–Trinajstić information content (AvgIpc) is 3.19. The second-order valence-electron chi connectivity index (χ2n) is 7.05. The van der Waals surface area contributed by atoms with Crippen molar-refractivity contribution in [3.8, 4) is 17.2 Å².